The van der Waals surface area contributed by atoms with E-state index in [1.807, 2.05) is 0 Å². The maximum atomic E-state index is 10.3. The monoisotopic (exact) mass is 151 g/mol. The Bertz CT molecular complexity index is 273. The summed E-state index contributed by atoms with van der Waals surface area (Å²) < 4.78 is 0. The minimum atomic E-state index is -0.466. The average Bonchev–Trinajstić information content (AvgIpc) is 2.04. The van der Waals surface area contributed by atoms with Crippen molar-refractivity contribution in [3.05, 3.63) is 34.4 Å². The lowest BCUT2D eigenvalue weighted by Crippen LogP contribution is -1.95. The summed E-state index contributed by atoms with van der Waals surface area (Å²) >= 11 is 0. The third-order valence-electron chi connectivity index (χ3n) is 1.29. The number of hydrogen-bond donors (Lipinski definition) is 1. The minimum absolute atomic E-state index is 0.0185. The average molecular weight is 151 g/mol. The molecule has 1 aromatic rings. The number of nitro groups is 1. The Morgan fingerprint density at radius 1 is 1.73 bits per heavy atom. The van der Waals surface area contributed by atoms with E-state index < -0.39 is 4.92 Å². The molecule has 4 heteroatoms. The molecule has 1 aromatic carbocycles. The fourth-order valence-electron chi connectivity index (χ4n) is 0.781. The molecule has 0 bridgehead atoms. The van der Waals surface area contributed by atoms with Gasteiger partial charge in [-0.1, -0.05) is 6.07 Å². The van der Waals surface area contributed by atoms with E-state index in [0.29, 0.717) is 5.69 Å². The van der Waals surface area contributed by atoms with Crippen LogP contribution in [0.2, 0.25) is 0 Å². The summed E-state index contributed by atoms with van der Waals surface area (Å²) in [5.74, 6) is 0. The first-order chi connectivity index (χ1) is 5.25. The molecule has 0 atom stereocenters. The second-order valence-corrected chi connectivity index (χ2v) is 1.94. The third-order valence-corrected chi connectivity index (χ3v) is 1.29. The summed E-state index contributed by atoms with van der Waals surface area (Å²) in [6.45, 7) is 0. The van der Waals surface area contributed by atoms with Crippen LogP contribution in [0.4, 0.5) is 11.4 Å². The van der Waals surface area contributed by atoms with Crippen molar-refractivity contribution in [2.45, 2.75) is 0 Å². The van der Waals surface area contributed by atoms with Crippen LogP contribution in [0.5, 0.6) is 0 Å². The van der Waals surface area contributed by atoms with Crippen molar-refractivity contribution in [3.63, 3.8) is 0 Å². The molecule has 0 aliphatic rings. The SMILES string of the molecule is CNc1ccc[c]c1[N+](=O)[O-]. The first kappa shape index (κ1) is 7.53. The fraction of sp³-hybridized carbons (Fsp3) is 0.143. The molecule has 1 N–H and O–H groups in total. The Hall–Kier alpha value is -1.58. The van der Waals surface area contributed by atoms with Crippen LogP contribution in [0.25, 0.3) is 0 Å². The lowest BCUT2D eigenvalue weighted by Gasteiger charge is -1.98. The molecule has 0 spiro atoms. The van der Waals surface area contributed by atoms with Gasteiger partial charge in [-0.2, -0.15) is 0 Å². The molecule has 11 heavy (non-hydrogen) atoms. The Morgan fingerprint density at radius 3 is 2.91 bits per heavy atom. The predicted molar refractivity (Wildman–Crippen MR) is 41.5 cm³/mol. The summed E-state index contributed by atoms with van der Waals surface area (Å²) in [5, 5.41) is 13.0. The topological polar surface area (TPSA) is 55.2 Å². The third kappa shape index (κ3) is 1.46. The van der Waals surface area contributed by atoms with Crippen molar-refractivity contribution in [2.75, 3.05) is 12.4 Å². The van der Waals surface area contributed by atoms with Gasteiger partial charge in [0.1, 0.15) is 5.69 Å². The second-order valence-electron chi connectivity index (χ2n) is 1.94. The molecule has 1 radical (unpaired) electrons. The van der Waals surface area contributed by atoms with Crippen LogP contribution in [0.1, 0.15) is 0 Å². The highest BCUT2D eigenvalue weighted by atomic mass is 16.6. The van der Waals surface area contributed by atoms with Crippen molar-refractivity contribution < 1.29 is 4.92 Å². The molecule has 1 rings (SSSR count). The standard InChI is InChI=1S/C7H7N2O2/c1-8-6-4-2-3-5-7(6)9(10)11/h2-4,8H,1H3. The molecule has 0 unspecified atom stereocenters. The molecule has 4 nitrogen and oxygen atoms in total. The van der Waals surface area contributed by atoms with Gasteiger partial charge in [-0.25, -0.2) is 0 Å². The van der Waals surface area contributed by atoms with Crippen LogP contribution in [0.3, 0.4) is 0 Å². The Kier molecular flexibility index (Phi) is 2.06. The van der Waals surface area contributed by atoms with Crippen molar-refractivity contribution >= 4 is 11.4 Å². The lowest BCUT2D eigenvalue weighted by atomic mass is 10.3. The van der Waals surface area contributed by atoms with Crippen molar-refractivity contribution in [2.24, 2.45) is 0 Å². The van der Waals surface area contributed by atoms with Crippen LogP contribution in [0.15, 0.2) is 18.2 Å². The van der Waals surface area contributed by atoms with E-state index in [1.165, 1.54) is 6.07 Å². The molecule has 0 saturated heterocycles. The maximum Gasteiger partial charge on any atom is 0.300 e. The van der Waals surface area contributed by atoms with Gasteiger partial charge in [0.15, 0.2) is 0 Å². The van der Waals surface area contributed by atoms with Crippen LogP contribution in [-0.2, 0) is 0 Å². The summed E-state index contributed by atoms with van der Waals surface area (Å²) in [6.07, 6.45) is 0. The quantitative estimate of drug-likeness (QED) is 0.514. The maximum absolute atomic E-state index is 10.3. The van der Waals surface area contributed by atoms with Gasteiger partial charge in [0, 0.05) is 7.05 Å². The number of rotatable bonds is 2. The van der Waals surface area contributed by atoms with Gasteiger partial charge in [-0.15, -0.1) is 0 Å². The van der Waals surface area contributed by atoms with Crippen LogP contribution >= 0.6 is 0 Å². The highest BCUT2D eigenvalue weighted by molar-refractivity contribution is 5.59. The second kappa shape index (κ2) is 3.01. The van der Waals surface area contributed by atoms with E-state index in [0.717, 1.165) is 0 Å². The predicted octanol–water partition coefficient (Wildman–Crippen LogP) is 1.44. The molecule has 0 aromatic heterocycles. The molecule has 0 fully saturated rings. The van der Waals surface area contributed by atoms with Gasteiger partial charge in [0.25, 0.3) is 5.69 Å². The number of nitro benzene ring substituents is 1. The normalized spacial score (nSPS) is 9.18. The Labute approximate surface area is 64.0 Å². The number of hydrogen-bond acceptors (Lipinski definition) is 3. The number of para-hydroxylation sites is 1. The van der Waals surface area contributed by atoms with Crippen molar-refractivity contribution in [3.8, 4) is 0 Å². The molecule has 0 aliphatic carbocycles. The van der Waals surface area contributed by atoms with Crippen LogP contribution in [0, 0.1) is 16.2 Å². The zero-order valence-electron chi connectivity index (χ0n) is 6.00. The fourth-order valence-corrected chi connectivity index (χ4v) is 0.781. The molecular weight excluding hydrogens is 144 g/mol. The first-order valence-electron chi connectivity index (χ1n) is 3.08. The van der Waals surface area contributed by atoms with E-state index in [4.69, 9.17) is 0 Å². The number of benzene rings is 1. The largest absolute Gasteiger partial charge is 0.383 e. The Morgan fingerprint density at radius 2 is 2.45 bits per heavy atom. The lowest BCUT2D eigenvalue weighted by molar-refractivity contribution is -0.384. The molecule has 57 valence electrons. The van der Waals surface area contributed by atoms with E-state index in [2.05, 4.69) is 11.4 Å². The van der Waals surface area contributed by atoms with E-state index in [-0.39, 0.29) is 5.69 Å². The van der Waals surface area contributed by atoms with Crippen molar-refractivity contribution in [1.29, 1.82) is 0 Å². The number of anilines is 1. The molecule has 0 aliphatic heterocycles. The van der Waals surface area contributed by atoms with E-state index in [9.17, 15) is 10.1 Å². The molecule has 0 amide bonds. The van der Waals surface area contributed by atoms with Crippen LogP contribution < -0.4 is 5.32 Å². The summed E-state index contributed by atoms with van der Waals surface area (Å²) in [4.78, 5) is 9.85. The summed E-state index contributed by atoms with van der Waals surface area (Å²) in [7, 11) is 1.64. The van der Waals surface area contributed by atoms with Crippen LogP contribution in [-0.4, -0.2) is 12.0 Å². The molecule has 0 heterocycles. The smallest absolute Gasteiger partial charge is 0.300 e. The van der Waals surface area contributed by atoms with Gasteiger partial charge in [-0.3, -0.25) is 10.1 Å². The van der Waals surface area contributed by atoms with E-state index >= 15 is 0 Å². The zero-order valence-corrected chi connectivity index (χ0v) is 6.00. The van der Waals surface area contributed by atoms with Gasteiger partial charge in [-0.05, 0) is 12.1 Å². The minimum Gasteiger partial charge on any atom is -0.383 e. The van der Waals surface area contributed by atoms with Gasteiger partial charge in [0.2, 0.25) is 0 Å². The molecular formula is C7H7N2O2. The number of nitrogens with one attached hydrogen (secondary N) is 1. The van der Waals surface area contributed by atoms with Gasteiger partial charge in [0.05, 0.1) is 11.0 Å². The zero-order chi connectivity index (χ0) is 8.27. The Balaban J connectivity index is 3.12. The first-order valence-corrected chi connectivity index (χ1v) is 3.08. The summed E-state index contributed by atoms with van der Waals surface area (Å²) in [5.41, 5.74) is 0.465. The highest BCUT2D eigenvalue weighted by Crippen LogP contribution is 2.21. The highest BCUT2D eigenvalue weighted by Gasteiger charge is 2.09. The number of nitrogens with zero attached hydrogens (tertiary/aromatic N) is 1. The van der Waals surface area contributed by atoms with Gasteiger partial charge < -0.3 is 5.32 Å². The van der Waals surface area contributed by atoms with Crippen molar-refractivity contribution in [1.82, 2.24) is 0 Å². The van der Waals surface area contributed by atoms with E-state index in [1.54, 1.807) is 19.2 Å². The van der Waals surface area contributed by atoms with Gasteiger partial charge >= 0.3 is 0 Å². The summed E-state index contributed by atoms with van der Waals surface area (Å²) in [6, 6.07) is 7.37. The molecule has 0 saturated carbocycles.